The molecule has 2 aromatic rings. The molecule has 2 rings (SSSR count). The summed E-state index contributed by atoms with van der Waals surface area (Å²) in [6.45, 7) is 0. The van der Waals surface area contributed by atoms with Crippen LogP contribution >= 0.6 is 23.4 Å². The molecule has 0 aromatic carbocycles. The SMILES string of the molecule is N=C(N)c1cc(CSc2ccc(Cl)cn2)ccn1. The van der Waals surface area contributed by atoms with Crippen LogP contribution in [0, 0.1) is 5.41 Å². The van der Waals surface area contributed by atoms with E-state index in [9.17, 15) is 0 Å². The normalized spacial score (nSPS) is 10.3. The zero-order valence-corrected chi connectivity index (χ0v) is 11.0. The predicted molar refractivity (Wildman–Crippen MR) is 74.1 cm³/mol. The number of hydrogen-bond donors (Lipinski definition) is 2. The highest BCUT2D eigenvalue weighted by atomic mass is 35.5. The first kappa shape index (κ1) is 12.9. The van der Waals surface area contributed by atoms with Gasteiger partial charge in [-0.05, 0) is 29.8 Å². The Hall–Kier alpha value is -1.59. The second-order valence-corrected chi connectivity index (χ2v) is 5.00. The summed E-state index contributed by atoms with van der Waals surface area (Å²) in [4.78, 5) is 8.21. The molecule has 4 nitrogen and oxygen atoms in total. The largest absolute Gasteiger partial charge is 0.382 e. The van der Waals surface area contributed by atoms with E-state index in [-0.39, 0.29) is 5.84 Å². The van der Waals surface area contributed by atoms with E-state index in [4.69, 9.17) is 22.7 Å². The number of hydrogen-bond acceptors (Lipinski definition) is 4. The van der Waals surface area contributed by atoms with E-state index in [1.54, 1.807) is 24.2 Å². The van der Waals surface area contributed by atoms with Crippen molar-refractivity contribution < 1.29 is 0 Å². The van der Waals surface area contributed by atoms with Gasteiger partial charge in [0, 0.05) is 18.1 Å². The van der Waals surface area contributed by atoms with E-state index in [0.29, 0.717) is 10.7 Å². The summed E-state index contributed by atoms with van der Waals surface area (Å²) in [6, 6.07) is 7.39. The van der Waals surface area contributed by atoms with Crippen LogP contribution < -0.4 is 5.73 Å². The second kappa shape index (κ2) is 5.84. The van der Waals surface area contributed by atoms with Crippen LogP contribution in [0.4, 0.5) is 0 Å². The van der Waals surface area contributed by atoms with Crippen LogP contribution in [0.25, 0.3) is 0 Å². The summed E-state index contributed by atoms with van der Waals surface area (Å²) in [5, 5.41) is 8.86. The number of halogens is 1. The van der Waals surface area contributed by atoms with Crippen LogP contribution in [0.2, 0.25) is 5.02 Å². The molecule has 0 saturated heterocycles. The average Bonchev–Trinajstić information content (AvgIpc) is 2.38. The molecule has 6 heteroatoms. The molecule has 0 atom stereocenters. The number of nitrogens with one attached hydrogen (secondary N) is 1. The van der Waals surface area contributed by atoms with Gasteiger partial charge >= 0.3 is 0 Å². The molecule has 0 unspecified atom stereocenters. The Kier molecular flexibility index (Phi) is 4.17. The van der Waals surface area contributed by atoms with E-state index in [2.05, 4.69) is 9.97 Å². The highest BCUT2D eigenvalue weighted by Crippen LogP contribution is 2.21. The first-order chi connectivity index (χ1) is 8.65. The molecule has 2 aromatic heterocycles. The Morgan fingerprint density at radius 3 is 2.83 bits per heavy atom. The Bertz CT molecular complexity index is 556. The van der Waals surface area contributed by atoms with E-state index in [0.717, 1.165) is 16.3 Å². The van der Waals surface area contributed by atoms with Gasteiger partial charge in [-0.25, -0.2) is 4.98 Å². The first-order valence-electron chi connectivity index (χ1n) is 5.19. The third-order valence-electron chi connectivity index (χ3n) is 2.19. The lowest BCUT2D eigenvalue weighted by Gasteiger charge is -2.03. The van der Waals surface area contributed by atoms with Gasteiger partial charge in [0.2, 0.25) is 0 Å². The number of nitrogens with zero attached hydrogens (tertiary/aromatic N) is 2. The van der Waals surface area contributed by atoms with Crippen molar-refractivity contribution in [2.75, 3.05) is 0 Å². The van der Waals surface area contributed by atoms with Gasteiger partial charge in [0.1, 0.15) is 11.5 Å². The molecular weight excluding hydrogens is 268 g/mol. The van der Waals surface area contributed by atoms with Gasteiger partial charge in [-0.3, -0.25) is 10.4 Å². The van der Waals surface area contributed by atoms with Gasteiger partial charge in [-0.1, -0.05) is 11.6 Å². The number of amidine groups is 1. The molecule has 0 aliphatic heterocycles. The lowest BCUT2D eigenvalue weighted by atomic mass is 10.2. The quantitative estimate of drug-likeness (QED) is 0.512. The minimum Gasteiger partial charge on any atom is -0.382 e. The van der Waals surface area contributed by atoms with Crippen LogP contribution in [-0.4, -0.2) is 15.8 Å². The third kappa shape index (κ3) is 3.45. The van der Waals surface area contributed by atoms with E-state index in [1.165, 1.54) is 0 Å². The lowest BCUT2D eigenvalue weighted by Crippen LogP contribution is -2.13. The van der Waals surface area contributed by atoms with E-state index in [1.807, 2.05) is 24.3 Å². The van der Waals surface area contributed by atoms with Gasteiger partial charge in [-0.15, -0.1) is 11.8 Å². The molecular formula is C12H11ClN4S. The fourth-order valence-corrected chi connectivity index (χ4v) is 2.21. The summed E-state index contributed by atoms with van der Waals surface area (Å²) < 4.78 is 0. The molecule has 18 heavy (non-hydrogen) atoms. The fourth-order valence-electron chi connectivity index (χ4n) is 1.32. The zero-order chi connectivity index (χ0) is 13.0. The maximum absolute atomic E-state index is 7.33. The summed E-state index contributed by atoms with van der Waals surface area (Å²) in [6.07, 6.45) is 3.28. The topological polar surface area (TPSA) is 75.7 Å². The molecule has 0 aliphatic rings. The minimum absolute atomic E-state index is 0.0218. The van der Waals surface area contributed by atoms with Crippen LogP contribution in [-0.2, 0) is 5.75 Å². The van der Waals surface area contributed by atoms with E-state index >= 15 is 0 Å². The standard InChI is InChI=1S/C12H11ClN4S/c13-9-1-2-11(17-6-9)18-7-8-3-4-16-10(5-8)12(14)15/h1-6H,7H2,(H3,14,15). The summed E-state index contributed by atoms with van der Waals surface area (Å²) >= 11 is 7.36. The van der Waals surface area contributed by atoms with Crippen molar-refractivity contribution in [1.29, 1.82) is 5.41 Å². The summed E-state index contributed by atoms with van der Waals surface area (Å²) in [7, 11) is 0. The van der Waals surface area contributed by atoms with Crippen LogP contribution in [0.1, 0.15) is 11.3 Å². The average molecular weight is 279 g/mol. The third-order valence-corrected chi connectivity index (χ3v) is 3.43. The van der Waals surface area contributed by atoms with Gasteiger partial charge in [0.05, 0.1) is 10.0 Å². The van der Waals surface area contributed by atoms with Crippen molar-refractivity contribution in [1.82, 2.24) is 9.97 Å². The fraction of sp³-hybridized carbons (Fsp3) is 0.0833. The summed E-state index contributed by atoms with van der Waals surface area (Å²) in [5.41, 5.74) is 6.94. The molecule has 3 N–H and O–H groups in total. The summed E-state index contributed by atoms with van der Waals surface area (Å²) in [5.74, 6) is 0.726. The highest BCUT2D eigenvalue weighted by Gasteiger charge is 2.02. The van der Waals surface area contributed by atoms with Crippen molar-refractivity contribution in [2.24, 2.45) is 5.73 Å². The smallest absolute Gasteiger partial charge is 0.141 e. The maximum Gasteiger partial charge on any atom is 0.141 e. The van der Waals surface area contributed by atoms with Crippen LogP contribution in [0.15, 0.2) is 41.7 Å². The van der Waals surface area contributed by atoms with Gasteiger partial charge in [-0.2, -0.15) is 0 Å². The monoisotopic (exact) mass is 278 g/mol. The molecule has 0 fully saturated rings. The highest BCUT2D eigenvalue weighted by molar-refractivity contribution is 7.98. The predicted octanol–water partition coefficient (Wildman–Crippen LogP) is 2.71. The van der Waals surface area contributed by atoms with Crippen molar-refractivity contribution in [2.45, 2.75) is 10.8 Å². The van der Waals surface area contributed by atoms with Crippen molar-refractivity contribution >= 4 is 29.2 Å². The van der Waals surface area contributed by atoms with Crippen LogP contribution in [0.5, 0.6) is 0 Å². The Labute approximate surface area is 114 Å². The number of thioether (sulfide) groups is 1. The van der Waals surface area contributed by atoms with Crippen molar-refractivity contribution in [3.8, 4) is 0 Å². The molecule has 0 radical (unpaired) electrons. The molecule has 0 spiro atoms. The van der Waals surface area contributed by atoms with E-state index < -0.39 is 0 Å². The number of nitrogen functional groups attached to an aromatic ring is 1. The molecule has 92 valence electrons. The van der Waals surface area contributed by atoms with Crippen molar-refractivity contribution in [3.05, 3.63) is 52.9 Å². The Morgan fingerprint density at radius 1 is 1.33 bits per heavy atom. The van der Waals surface area contributed by atoms with Gasteiger partial charge in [0.25, 0.3) is 0 Å². The number of aromatic nitrogens is 2. The van der Waals surface area contributed by atoms with Crippen LogP contribution in [0.3, 0.4) is 0 Å². The molecule has 0 saturated carbocycles. The number of rotatable bonds is 4. The Balaban J connectivity index is 2.04. The first-order valence-corrected chi connectivity index (χ1v) is 6.55. The number of pyridine rings is 2. The van der Waals surface area contributed by atoms with Gasteiger partial charge < -0.3 is 5.73 Å². The minimum atomic E-state index is -0.0218. The second-order valence-electron chi connectivity index (χ2n) is 3.57. The molecule has 0 aliphatic carbocycles. The maximum atomic E-state index is 7.33. The molecule has 0 amide bonds. The number of nitrogens with two attached hydrogens (primary N) is 1. The zero-order valence-electron chi connectivity index (χ0n) is 9.43. The lowest BCUT2D eigenvalue weighted by molar-refractivity contribution is 1.13. The molecule has 2 heterocycles. The van der Waals surface area contributed by atoms with Gasteiger partial charge in [0.15, 0.2) is 0 Å². The van der Waals surface area contributed by atoms with Crippen molar-refractivity contribution in [3.63, 3.8) is 0 Å². The Morgan fingerprint density at radius 2 is 2.17 bits per heavy atom. The molecule has 0 bridgehead atoms.